The molecule has 0 amide bonds. The van der Waals surface area contributed by atoms with E-state index < -0.39 is 10.9 Å². The zero-order valence-electron chi connectivity index (χ0n) is 10.6. The number of rotatable bonds is 4. The van der Waals surface area contributed by atoms with Crippen molar-refractivity contribution in [2.24, 2.45) is 0 Å². The minimum atomic E-state index is -0.574. The van der Waals surface area contributed by atoms with E-state index in [-0.39, 0.29) is 5.69 Å². The van der Waals surface area contributed by atoms with Gasteiger partial charge in [0.05, 0.1) is 0 Å². The average Bonchev–Trinajstić information content (AvgIpc) is 2.43. The van der Waals surface area contributed by atoms with E-state index in [1.807, 2.05) is 31.2 Å². The van der Waals surface area contributed by atoms with E-state index in [1.165, 1.54) is 5.56 Å². The van der Waals surface area contributed by atoms with E-state index in [2.05, 4.69) is 6.92 Å². The third-order valence-corrected chi connectivity index (χ3v) is 3.14. The molecule has 0 heterocycles. The third kappa shape index (κ3) is 1.79. The van der Waals surface area contributed by atoms with Gasteiger partial charge in [-0.25, -0.2) is 0 Å². The van der Waals surface area contributed by atoms with Crippen LogP contribution in [0.25, 0.3) is 0 Å². The number of aryl methyl sites for hydroxylation is 1. The summed E-state index contributed by atoms with van der Waals surface area (Å²) in [6.45, 7) is 4.60. The largest absolute Gasteiger partial charge is 0.394 e. The Hall–Kier alpha value is -2.10. The van der Waals surface area contributed by atoms with Crippen molar-refractivity contribution in [1.82, 2.24) is 0 Å². The van der Waals surface area contributed by atoms with Crippen LogP contribution in [0.1, 0.15) is 19.4 Å². The molecule has 0 aliphatic heterocycles. The summed E-state index contributed by atoms with van der Waals surface area (Å²) in [6.07, 6.45) is 0.923. The number of hydrogen-bond donors (Lipinski definition) is 1. The number of nitrogens with zero attached hydrogens (tertiary/aromatic N) is 1. The molecule has 0 spiro atoms. The molecule has 0 saturated carbocycles. The smallest absolute Gasteiger partial charge is 0.253 e. The van der Waals surface area contributed by atoms with Crippen LogP contribution in [0.15, 0.2) is 33.9 Å². The number of nitrogen functional groups attached to an aromatic ring is 1. The van der Waals surface area contributed by atoms with Gasteiger partial charge in [0.15, 0.2) is 0 Å². The Kier molecular flexibility index (Phi) is 3.19. The molecule has 4 nitrogen and oxygen atoms in total. The fraction of sp³-hybridized carbons (Fsp3) is 0.286. The van der Waals surface area contributed by atoms with Crippen molar-refractivity contribution in [2.45, 2.75) is 20.3 Å². The fourth-order valence-corrected chi connectivity index (χ4v) is 2.08. The van der Waals surface area contributed by atoms with Crippen LogP contribution in [0.4, 0.5) is 17.1 Å². The van der Waals surface area contributed by atoms with Crippen LogP contribution in [-0.2, 0) is 6.42 Å². The van der Waals surface area contributed by atoms with Gasteiger partial charge in [-0.05, 0) is 31.0 Å². The van der Waals surface area contributed by atoms with Crippen LogP contribution < -0.4 is 21.5 Å². The number of nitrogens with two attached hydrogens (primary N) is 1. The lowest BCUT2D eigenvalue weighted by atomic mass is 10.1. The SMILES string of the molecule is CCc1cccc(N(CC)c2c(N)c(=O)c2=O)c1. The highest BCUT2D eigenvalue weighted by Crippen LogP contribution is 2.27. The van der Waals surface area contributed by atoms with Gasteiger partial charge >= 0.3 is 0 Å². The second kappa shape index (κ2) is 4.64. The lowest BCUT2D eigenvalue weighted by Gasteiger charge is -2.25. The minimum Gasteiger partial charge on any atom is -0.394 e. The normalized spacial score (nSPS) is 10.8. The Morgan fingerprint density at radius 1 is 1.17 bits per heavy atom. The van der Waals surface area contributed by atoms with Crippen LogP contribution >= 0.6 is 0 Å². The van der Waals surface area contributed by atoms with Crippen LogP contribution in [0.5, 0.6) is 0 Å². The highest BCUT2D eigenvalue weighted by Gasteiger charge is 2.23. The van der Waals surface area contributed by atoms with Gasteiger partial charge in [0.2, 0.25) is 0 Å². The summed E-state index contributed by atoms with van der Waals surface area (Å²) in [5, 5.41) is 0. The van der Waals surface area contributed by atoms with Gasteiger partial charge in [0.25, 0.3) is 10.9 Å². The Morgan fingerprint density at radius 3 is 2.44 bits per heavy atom. The van der Waals surface area contributed by atoms with E-state index in [1.54, 1.807) is 4.90 Å². The Morgan fingerprint density at radius 2 is 1.89 bits per heavy atom. The van der Waals surface area contributed by atoms with Crippen molar-refractivity contribution in [2.75, 3.05) is 17.2 Å². The van der Waals surface area contributed by atoms with Gasteiger partial charge in [0, 0.05) is 12.2 Å². The maximum absolute atomic E-state index is 11.6. The third-order valence-electron chi connectivity index (χ3n) is 3.14. The van der Waals surface area contributed by atoms with Gasteiger partial charge in [-0.3, -0.25) is 9.59 Å². The van der Waals surface area contributed by atoms with E-state index >= 15 is 0 Å². The molecule has 0 fully saturated rings. The predicted molar refractivity (Wildman–Crippen MR) is 74.3 cm³/mol. The van der Waals surface area contributed by atoms with Crippen LogP contribution in [0, 0.1) is 0 Å². The van der Waals surface area contributed by atoms with Gasteiger partial charge in [-0.15, -0.1) is 0 Å². The molecule has 0 aliphatic carbocycles. The second-order valence-electron chi connectivity index (χ2n) is 4.19. The standard InChI is InChI=1S/C14H16N2O2/c1-3-9-6-5-7-10(8-9)16(4-2)12-11(15)13(17)14(12)18/h5-8H,3-4,15H2,1-2H3. The monoisotopic (exact) mass is 244 g/mol. The molecule has 0 radical (unpaired) electrons. The van der Waals surface area contributed by atoms with E-state index in [4.69, 9.17) is 5.73 Å². The molecule has 2 aromatic rings. The van der Waals surface area contributed by atoms with Crippen molar-refractivity contribution in [3.05, 3.63) is 50.3 Å². The molecule has 4 heteroatoms. The first kappa shape index (κ1) is 12.4. The Labute approximate surface area is 105 Å². The van der Waals surface area contributed by atoms with Crippen molar-refractivity contribution in [3.8, 4) is 0 Å². The molecule has 0 aromatic heterocycles. The first-order chi connectivity index (χ1) is 8.60. The maximum atomic E-state index is 11.6. The molecule has 0 bridgehead atoms. The zero-order chi connectivity index (χ0) is 13.3. The number of anilines is 3. The first-order valence-corrected chi connectivity index (χ1v) is 6.05. The molecule has 0 aliphatic rings. The van der Waals surface area contributed by atoms with E-state index in [0.29, 0.717) is 12.2 Å². The topological polar surface area (TPSA) is 63.4 Å². The molecule has 2 aromatic carbocycles. The lowest BCUT2D eigenvalue weighted by molar-refractivity contribution is 1.00. The summed E-state index contributed by atoms with van der Waals surface area (Å²) in [5.41, 5.74) is 7.03. The van der Waals surface area contributed by atoms with Crippen LogP contribution in [0.2, 0.25) is 0 Å². The van der Waals surface area contributed by atoms with Crippen molar-refractivity contribution in [3.63, 3.8) is 0 Å². The molecule has 0 unspecified atom stereocenters. The van der Waals surface area contributed by atoms with E-state index in [0.717, 1.165) is 12.1 Å². The molecule has 94 valence electrons. The molecule has 2 N–H and O–H groups in total. The molecular weight excluding hydrogens is 228 g/mol. The quantitative estimate of drug-likeness (QED) is 0.829. The minimum absolute atomic E-state index is 0.0729. The zero-order valence-corrected chi connectivity index (χ0v) is 10.6. The predicted octanol–water partition coefficient (Wildman–Crippen LogP) is 1.59. The van der Waals surface area contributed by atoms with Gasteiger partial charge in [0.1, 0.15) is 11.4 Å². The summed E-state index contributed by atoms with van der Waals surface area (Å²) >= 11 is 0. The van der Waals surface area contributed by atoms with Gasteiger partial charge in [-0.2, -0.15) is 0 Å². The Balaban J connectivity index is 2.46. The lowest BCUT2D eigenvalue weighted by Crippen LogP contribution is -2.40. The van der Waals surface area contributed by atoms with Crippen molar-refractivity contribution < 1.29 is 0 Å². The summed E-state index contributed by atoms with van der Waals surface area (Å²) in [4.78, 5) is 24.5. The Bertz CT molecular complexity index is 639. The maximum Gasteiger partial charge on any atom is 0.253 e. The average molecular weight is 244 g/mol. The molecular formula is C14H16N2O2. The van der Waals surface area contributed by atoms with Crippen LogP contribution in [0.3, 0.4) is 0 Å². The number of hydrogen-bond acceptors (Lipinski definition) is 4. The highest BCUT2D eigenvalue weighted by molar-refractivity contribution is 5.78. The molecule has 2 rings (SSSR count). The second-order valence-corrected chi connectivity index (χ2v) is 4.19. The van der Waals surface area contributed by atoms with Crippen molar-refractivity contribution >= 4 is 17.1 Å². The number of benzene rings is 1. The summed E-state index contributed by atoms with van der Waals surface area (Å²) in [5.74, 6) is 0. The van der Waals surface area contributed by atoms with Gasteiger partial charge < -0.3 is 10.6 Å². The van der Waals surface area contributed by atoms with E-state index in [9.17, 15) is 9.59 Å². The molecule has 18 heavy (non-hydrogen) atoms. The highest BCUT2D eigenvalue weighted by atomic mass is 16.2. The van der Waals surface area contributed by atoms with Gasteiger partial charge in [-0.1, -0.05) is 19.1 Å². The van der Waals surface area contributed by atoms with Crippen molar-refractivity contribution in [1.29, 1.82) is 0 Å². The molecule has 0 atom stereocenters. The summed E-state index contributed by atoms with van der Waals surface area (Å²) in [7, 11) is 0. The summed E-state index contributed by atoms with van der Waals surface area (Å²) in [6, 6.07) is 7.90. The molecule has 0 saturated heterocycles. The summed E-state index contributed by atoms with van der Waals surface area (Å²) < 4.78 is 0. The first-order valence-electron chi connectivity index (χ1n) is 6.05. The fourth-order valence-electron chi connectivity index (χ4n) is 2.08. The van der Waals surface area contributed by atoms with Crippen LogP contribution in [-0.4, -0.2) is 6.54 Å².